The number of fused-ring (bicyclic) bond motifs is 5. The predicted octanol–water partition coefficient (Wildman–Crippen LogP) is 9.21. The first-order valence-electron chi connectivity index (χ1n) is 13.2. The van der Waals surface area contributed by atoms with Gasteiger partial charge < -0.3 is 4.57 Å². The molecule has 0 bridgehead atoms. The lowest BCUT2D eigenvalue weighted by Crippen LogP contribution is -1.97. The van der Waals surface area contributed by atoms with Gasteiger partial charge in [0.2, 0.25) is 0 Å². The van der Waals surface area contributed by atoms with Gasteiger partial charge in [-0.3, -0.25) is 0 Å². The molecule has 0 unspecified atom stereocenters. The first-order chi connectivity index (χ1) is 19.3. The molecule has 0 saturated heterocycles. The van der Waals surface area contributed by atoms with Gasteiger partial charge in [-0.25, -0.2) is 9.97 Å². The Bertz CT molecular complexity index is 2160. The fourth-order valence-corrected chi connectivity index (χ4v) is 5.70. The van der Waals surface area contributed by atoms with Crippen molar-refractivity contribution in [2.24, 2.45) is 0 Å². The Morgan fingerprint density at radius 2 is 0.974 bits per heavy atom. The van der Waals surface area contributed by atoms with Gasteiger partial charge in [-0.1, -0.05) is 97.1 Å². The number of benzene rings is 6. The van der Waals surface area contributed by atoms with Crippen LogP contribution in [0.15, 0.2) is 140 Å². The summed E-state index contributed by atoms with van der Waals surface area (Å²) >= 11 is 0. The van der Waals surface area contributed by atoms with Gasteiger partial charge in [-0.05, 0) is 53.2 Å². The van der Waals surface area contributed by atoms with Gasteiger partial charge in [0.05, 0.1) is 33.5 Å². The molecule has 182 valence electrons. The highest BCUT2D eigenvalue weighted by molar-refractivity contribution is 6.13. The molecule has 0 radical (unpaired) electrons. The van der Waals surface area contributed by atoms with E-state index >= 15 is 0 Å². The van der Waals surface area contributed by atoms with Crippen molar-refractivity contribution in [1.29, 1.82) is 0 Å². The maximum atomic E-state index is 5.08. The third kappa shape index (κ3) is 3.52. The van der Waals surface area contributed by atoms with Gasteiger partial charge in [-0.15, -0.1) is 0 Å². The van der Waals surface area contributed by atoms with Gasteiger partial charge in [0.25, 0.3) is 0 Å². The lowest BCUT2D eigenvalue weighted by Gasteiger charge is -2.12. The molecule has 0 aliphatic rings. The summed E-state index contributed by atoms with van der Waals surface area (Å²) in [7, 11) is 0. The van der Waals surface area contributed by atoms with Gasteiger partial charge in [-0.2, -0.15) is 0 Å². The van der Waals surface area contributed by atoms with Crippen molar-refractivity contribution in [3.8, 4) is 28.2 Å². The van der Waals surface area contributed by atoms with Gasteiger partial charge >= 0.3 is 0 Å². The summed E-state index contributed by atoms with van der Waals surface area (Å²) in [4.78, 5) is 10.1. The van der Waals surface area contributed by atoms with Gasteiger partial charge in [0.1, 0.15) is 0 Å². The van der Waals surface area contributed by atoms with Gasteiger partial charge in [0.15, 0.2) is 0 Å². The first-order valence-corrected chi connectivity index (χ1v) is 13.2. The normalized spacial score (nSPS) is 11.6. The predicted molar refractivity (Wildman–Crippen MR) is 162 cm³/mol. The molecule has 39 heavy (non-hydrogen) atoms. The zero-order chi connectivity index (χ0) is 25.8. The highest BCUT2D eigenvalue weighted by Crippen LogP contribution is 2.36. The monoisotopic (exact) mass is 497 g/mol. The number of hydrogen-bond acceptors (Lipinski definition) is 2. The third-order valence-electron chi connectivity index (χ3n) is 7.56. The minimum absolute atomic E-state index is 0.889. The summed E-state index contributed by atoms with van der Waals surface area (Å²) in [5, 5.41) is 5.02. The molecule has 0 amide bonds. The molecule has 8 aromatic rings. The molecule has 0 saturated carbocycles. The topological polar surface area (TPSA) is 30.7 Å². The Morgan fingerprint density at radius 1 is 0.410 bits per heavy atom. The highest BCUT2D eigenvalue weighted by atomic mass is 15.0. The average molecular weight is 498 g/mol. The van der Waals surface area contributed by atoms with Crippen LogP contribution in [0.5, 0.6) is 0 Å². The Balaban J connectivity index is 1.33. The maximum Gasteiger partial charge on any atom is 0.0973 e. The molecule has 0 atom stereocenters. The van der Waals surface area contributed by atoms with E-state index in [1.54, 1.807) is 0 Å². The molecular formula is C36H23N3. The smallest absolute Gasteiger partial charge is 0.0973 e. The molecule has 6 aromatic carbocycles. The summed E-state index contributed by atoms with van der Waals surface area (Å²) in [5.41, 5.74) is 9.20. The number of aromatic nitrogens is 3. The van der Waals surface area contributed by atoms with Crippen molar-refractivity contribution in [1.82, 2.24) is 14.5 Å². The van der Waals surface area contributed by atoms with Crippen LogP contribution < -0.4 is 0 Å². The summed E-state index contributed by atoms with van der Waals surface area (Å²) in [6.07, 6.45) is 0. The molecule has 0 aliphatic heterocycles. The Hall–Kier alpha value is -5.28. The molecule has 8 rings (SSSR count). The van der Waals surface area contributed by atoms with Crippen LogP contribution in [0.2, 0.25) is 0 Å². The summed E-state index contributed by atoms with van der Waals surface area (Å²) in [6.45, 7) is 0. The summed E-state index contributed by atoms with van der Waals surface area (Å²) in [6, 6.07) is 49.0. The van der Waals surface area contributed by atoms with Crippen molar-refractivity contribution < 1.29 is 0 Å². The van der Waals surface area contributed by atoms with Gasteiger partial charge in [0, 0.05) is 27.6 Å². The van der Waals surface area contributed by atoms with Crippen LogP contribution >= 0.6 is 0 Å². The fourth-order valence-electron chi connectivity index (χ4n) is 5.70. The van der Waals surface area contributed by atoms with Crippen LogP contribution in [-0.4, -0.2) is 14.5 Å². The first kappa shape index (κ1) is 21.8. The van der Waals surface area contributed by atoms with E-state index in [0.29, 0.717) is 0 Å². The number of nitrogens with zero attached hydrogens (tertiary/aromatic N) is 3. The molecule has 0 fully saturated rings. The van der Waals surface area contributed by atoms with Crippen LogP contribution in [0, 0.1) is 0 Å². The van der Waals surface area contributed by atoms with E-state index in [2.05, 4.69) is 102 Å². The van der Waals surface area contributed by atoms with Crippen LogP contribution in [0.3, 0.4) is 0 Å². The van der Waals surface area contributed by atoms with Crippen molar-refractivity contribution in [2.45, 2.75) is 0 Å². The third-order valence-corrected chi connectivity index (χ3v) is 7.56. The van der Waals surface area contributed by atoms with E-state index in [1.807, 2.05) is 42.5 Å². The van der Waals surface area contributed by atoms with E-state index in [4.69, 9.17) is 9.97 Å². The molecule has 2 aromatic heterocycles. The van der Waals surface area contributed by atoms with E-state index in [0.717, 1.165) is 39.2 Å². The van der Waals surface area contributed by atoms with E-state index < -0.39 is 0 Å². The second kappa shape index (κ2) is 8.64. The summed E-state index contributed by atoms with van der Waals surface area (Å²) < 4.78 is 2.37. The van der Waals surface area contributed by atoms with E-state index in [-0.39, 0.29) is 0 Å². The molecule has 2 heterocycles. The minimum Gasteiger partial charge on any atom is -0.309 e. The number of rotatable bonds is 3. The molecule has 0 N–H and O–H groups in total. The minimum atomic E-state index is 0.889. The van der Waals surface area contributed by atoms with Crippen LogP contribution in [-0.2, 0) is 0 Å². The zero-order valence-electron chi connectivity index (χ0n) is 21.1. The Kier molecular flexibility index (Phi) is 4.82. The lowest BCUT2D eigenvalue weighted by atomic mass is 10.0. The quantitative estimate of drug-likeness (QED) is 0.244. The average Bonchev–Trinajstić information content (AvgIpc) is 3.33. The Morgan fingerprint density at radius 3 is 1.69 bits per heavy atom. The maximum absolute atomic E-state index is 5.08. The fraction of sp³-hybridized carbons (Fsp3) is 0. The largest absolute Gasteiger partial charge is 0.309 e. The standard InChI is InChI=1S/C36H23N3/c1-2-10-24(11-3-1)35-36(38-32-16-8-7-15-31(32)37-35)25-18-20-28(21-19-25)39-33-17-9-6-14-29(33)30-22-26-12-4-5-13-27(26)23-34(30)39/h1-23H. The second-order valence-electron chi connectivity index (χ2n) is 9.89. The molecule has 3 heteroatoms. The van der Waals surface area contributed by atoms with Crippen molar-refractivity contribution in [3.05, 3.63) is 140 Å². The number of hydrogen-bond donors (Lipinski definition) is 0. The molecule has 3 nitrogen and oxygen atoms in total. The van der Waals surface area contributed by atoms with Crippen molar-refractivity contribution in [2.75, 3.05) is 0 Å². The van der Waals surface area contributed by atoms with Crippen molar-refractivity contribution in [3.63, 3.8) is 0 Å². The van der Waals surface area contributed by atoms with Crippen molar-refractivity contribution >= 4 is 43.6 Å². The van der Waals surface area contributed by atoms with E-state index in [9.17, 15) is 0 Å². The second-order valence-corrected chi connectivity index (χ2v) is 9.89. The zero-order valence-corrected chi connectivity index (χ0v) is 21.1. The van der Waals surface area contributed by atoms with E-state index in [1.165, 1.54) is 32.6 Å². The van der Waals surface area contributed by atoms with Crippen LogP contribution in [0.1, 0.15) is 0 Å². The van der Waals surface area contributed by atoms with Crippen LogP contribution in [0.25, 0.3) is 71.8 Å². The molecule has 0 aliphatic carbocycles. The SMILES string of the molecule is c1ccc(-c2nc3ccccc3nc2-c2ccc(-n3c4ccccc4c4cc5ccccc5cc43)cc2)cc1. The Labute approximate surface area is 225 Å². The molecular weight excluding hydrogens is 474 g/mol. The molecule has 0 spiro atoms. The number of para-hydroxylation sites is 3. The van der Waals surface area contributed by atoms with Crippen LogP contribution in [0.4, 0.5) is 0 Å². The lowest BCUT2D eigenvalue weighted by molar-refractivity contribution is 1.18. The summed E-state index contributed by atoms with van der Waals surface area (Å²) in [5.74, 6) is 0. The highest BCUT2D eigenvalue weighted by Gasteiger charge is 2.16.